The van der Waals surface area contributed by atoms with Gasteiger partial charge in [0.1, 0.15) is 11.8 Å². The molecule has 0 bridgehead atoms. The van der Waals surface area contributed by atoms with Gasteiger partial charge in [-0.3, -0.25) is 19.3 Å². The third-order valence-electron chi connectivity index (χ3n) is 5.66. The Morgan fingerprint density at radius 3 is 1.80 bits per heavy atom. The third-order valence-corrected chi connectivity index (χ3v) is 5.66. The molecule has 3 aromatic carbocycles. The zero-order valence-electron chi connectivity index (χ0n) is 16.2. The zero-order valence-corrected chi connectivity index (χ0v) is 16.2. The highest BCUT2D eigenvalue weighted by Crippen LogP contribution is 2.44. The van der Waals surface area contributed by atoms with Crippen LogP contribution in [0.4, 0.5) is 5.69 Å². The number of β-lactam (4-membered cyclic amide) rings is 1. The van der Waals surface area contributed by atoms with Crippen LogP contribution in [0.5, 0.6) is 5.75 Å². The fourth-order valence-electron chi connectivity index (χ4n) is 4.20. The predicted molar refractivity (Wildman–Crippen MR) is 110 cm³/mol. The summed E-state index contributed by atoms with van der Waals surface area (Å²) < 4.78 is 5.20. The van der Waals surface area contributed by atoms with Gasteiger partial charge in [-0.2, -0.15) is 0 Å². The van der Waals surface area contributed by atoms with E-state index in [1.807, 2.05) is 30.3 Å². The number of amides is 3. The molecule has 0 aliphatic carbocycles. The molecule has 1 fully saturated rings. The Kier molecular flexibility index (Phi) is 4.13. The van der Waals surface area contributed by atoms with Gasteiger partial charge < -0.3 is 9.64 Å². The molecule has 6 heteroatoms. The molecular weight excluding hydrogens is 380 g/mol. The Morgan fingerprint density at radius 2 is 1.23 bits per heavy atom. The summed E-state index contributed by atoms with van der Waals surface area (Å²) in [6, 6.07) is 21.9. The number of nitrogens with zero attached hydrogens (tertiary/aromatic N) is 2. The number of carbonyl (C=O) groups excluding carboxylic acids is 3. The summed E-state index contributed by atoms with van der Waals surface area (Å²) in [5.74, 6) is -0.461. The monoisotopic (exact) mass is 398 g/mol. The zero-order chi connectivity index (χ0) is 20.8. The number of anilines is 1. The fraction of sp³-hybridized carbons (Fsp3) is 0.125. The van der Waals surface area contributed by atoms with E-state index in [1.165, 1.54) is 0 Å². The SMILES string of the molecule is COc1ccc(N2C(=O)[C@H](N3C(=O)c4ccccc4C3=O)[C@H]2c2ccccc2)cc1. The highest BCUT2D eigenvalue weighted by Gasteiger charge is 2.57. The summed E-state index contributed by atoms with van der Waals surface area (Å²) in [7, 11) is 1.58. The van der Waals surface area contributed by atoms with Crippen molar-refractivity contribution in [1.82, 2.24) is 4.90 Å². The minimum atomic E-state index is -0.887. The molecule has 2 atom stereocenters. The van der Waals surface area contributed by atoms with Gasteiger partial charge in [-0.25, -0.2) is 0 Å². The smallest absolute Gasteiger partial charge is 0.262 e. The third kappa shape index (κ3) is 2.54. The predicted octanol–water partition coefficient (Wildman–Crippen LogP) is 3.45. The second kappa shape index (κ2) is 6.84. The molecule has 6 nitrogen and oxygen atoms in total. The molecule has 3 aromatic rings. The topological polar surface area (TPSA) is 66.9 Å². The van der Waals surface area contributed by atoms with Crippen LogP contribution in [0.1, 0.15) is 32.3 Å². The Morgan fingerprint density at radius 1 is 0.667 bits per heavy atom. The molecule has 0 aromatic heterocycles. The average molecular weight is 398 g/mol. The number of benzene rings is 3. The van der Waals surface area contributed by atoms with Crippen molar-refractivity contribution in [2.75, 3.05) is 12.0 Å². The van der Waals surface area contributed by atoms with Gasteiger partial charge in [0.2, 0.25) is 0 Å². The van der Waals surface area contributed by atoms with Crippen molar-refractivity contribution >= 4 is 23.4 Å². The van der Waals surface area contributed by atoms with Crippen LogP contribution < -0.4 is 9.64 Å². The number of imide groups is 1. The molecular formula is C24H18N2O4. The summed E-state index contributed by atoms with van der Waals surface area (Å²) in [5, 5.41) is 0. The van der Waals surface area contributed by atoms with Gasteiger partial charge in [-0.15, -0.1) is 0 Å². The second-order valence-corrected chi connectivity index (χ2v) is 7.23. The van der Waals surface area contributed by atoms with Gasteiger partial charge in [0, 0.05) is 5.69 Å². The van der Waals surface area contributed by atoms with Crippen molar-refractivity contribution in [1.29, 1.82) is 0 Å². The van der Waals surface area contributed by atoms with Gasteiger partial charge >= 0.3 is 0 Å². The largest absolute Gasteiger partial charge is 0.497 e. The average Bonchev–Trinajstić information content (AvgIpc) is 3.04. The molecule has 148 valence electrons. The minimum Gasteiger partial charge on any atom is -0.497 e. The summed E-state index contributed by atoms with van der Waals surface area (Å²) in [6.07, 6.45) is 0. The fourth-order valence-corrected chi connectivity index (χ4v) is 4.20. The number of fused-ring (bicyclic) bond motifs is 1. The summed E-state index contributed by atoms with van der Waals surface area (Å²) in [6.45, 7) is 0. The first kappa shape index (κ1) is 18.1. The lowest BCUT2D eigenvalue weighted by Crippen LogP contribution is -2.67. The van der Waals surface area contributed by atoms with Gasteiger partial charge in [0.15, 0.2) is 0 Å². The second-order valence-electron chi connectivity index (χ2n) is 7.23. The highest BCUT2D eigenvalue weighted by molar-refractivity contribution is 6.24. The van der Waals surface area contributed by atoms with Gasteiger partial charge in [-0.1, -0.05) is 42.5 Å². The number of ether oxygens (including phenoxy) is 1. The van der Waals surface area contributed by atoms with Gasteiger partial charge in [-0.05, 0) is 42.0 Å². The molecule has 2 aliphatic rings. The minimum absolute atomic E-state index is 0.288. The summed E-state index contributed by atoms with van der Waals surface area (Å²) >= 11 is 0. The van der Waals surface area contributed by atoms with E-state index >= 15 is 0 Å². The Balaban J connectivity index is 1.56. The normalized spacial score (nSPS) is 20.2. The van der Waals surface area contributed by atoms with E-state index in [1.54, 1.807) is 60.5 Å². The number of hydrogen-bond acceptors (Lipinski definition) is 4. The lowest BCUT2D eigenvalue weighted by molar-refractivity contribution is -0.130. The van der Waals surface area contributed by atoms with E-state index in [-0.39, 0.29) is 5.91 Å². The van der Waals surface area contributed by atoms with Crippen molar-refractivity contribution in [2.45, 2.75) is 12.1 Å². The molecule has 0 N–H and O–H groups in total. The van der Waals surface area contributed by atoms with Crippen LogP contribution in [0, 0.1) is 0 Å². The molecule has 0 unspecified atom stereocenters. The maximum Gasteiger partial charge on any atom is 0.262 e. The molecule has 5 rings (SSSR count). The van der Waals surface area contributed by atoms with Crippen LogP contribution in [-0.4, -0.2) is 35.8 Å². The van der Waals surface area contributed by atoms with Gasteiger partial charge in [0.05, 0.1) is 24.3 Å². The van der Waals surface area contributed by atoms with E-state index < -0.39 is 23.9 Å². The van der Waals surface area contributed by atoms with E-state index in [4.69, 9.17) is 4.74 Å². The molecule has 2 heterocycles. The Hall–Kier alpha value is -3.93. The number of hydrogen-bond donors (Lipinski definition) is 0. The summed E-state index contributed by atoms with van der Waals surface area (Å²) in [5.41, 5.74) is 2.21. The summed E-state index contributed by atoms with van der Waals surface area (Å²) in [4.78, 5) is 42.0. The molecule has 1 saturated heterocycles. The molecule has 0 spiro atoms. The molecule has 30 heavy (non-hydrogen) atoms. The molecule has 3 amide bonds. The van der Waals surface area contributed by atoms with Crippen molar-refractivity contribution in [3.63, 3.8) is 0 Å². The van der Waals surface area contributed by atoms with Crippen LogP contribution in [0.15, 0.2) is 78.9 Å². The van der Waals surface area contributed by atoms with Crippen LogP contribution in [0.2, 0.25) is 0 Å². The first-order chi connectivity index (χ1) is 14.6. The van der Waals surface area contributed by atoms with Crippen LogP contribution in [0.25, 0.3) is 0 Å². The van der Waals surface area contributed by atoms with Crippen molar-refractivity contribution in [3.8, 4) is 5.75 Å². The highest BCUT2D eigenvalue weighted by atomic mass is 16.5. The van der Waals surface area contributed by atoms with Crippen LogP contribution in [0.3, 0.4) is 0 Å². The quantitative estimate of drug-likeness (QED) is 0.499. The lowest BCUT2D eigenvalue weighted by Gasteiger charge is -2.49. The maximum atomic E-state index is 13.3. The van der Waals surface area contributed by atoms with Crippen molar-refractivity contribution in [3.05, 3.63) is 95.6 Å². The first-order valence-corrected chi connectivity index (χ1v) is 9.61. The van der Waals surface area contributed by atoms with Crippen LogP contribution >= 0.6 is 0 Å². The van der Waals surface area contributed by atoms with Crippen LogP contribution in [-0.2, 0) is 4.79 Å². The van der Waals surface area contributed by atoms with E-state index in [0.29, 0.717) is 22.6 Å². The van der Waals surface area contributed by atoms with E-state index in [2.05, 4.69) is 0 Å². The van der Waals surface area contributed by atoms with Crippen molar-refractivity contribution in [2.24, 2.45) is 0 Å². The Bertz CT molecular complexity index is 1120. The Labute approximate surface area is 173 Å². The lowest BCUT2D eigenvalue weighted by atomic mass is 9.86. The number of methoxy groups -OCH3 is 1. The first-order valence-electron chi connectivity index (χ1n) is 9.61. The number of rotatable bonds is 4. The van der Waals surface area contributed by atoms with Gasteiger partial charge in [0.25, 0.3) is 17.7 Å². The van der Waals surface area contributed by atoms with E-state index in [9.17, 15) is 14.4 Å². The van der Waals surface area contributed by atoms with E-state index in [0.717, 1.165) is 10.5 Å². The molecule has 2 aliphatic heterocycles. The van der Waals surface area contributed by atoms with Crippen molar-refractivity contribution < 1.29 is 19.1 Å². The maximum absolute atomic E-state index is 13.3. The number of carbonyl (C=O) groups is 3. The molecule has 0 saturated carbocycles. The molecule has 0 radical (unpaired) electrons. The standard InChI is InChI=1S/C24H18N2O4/c1-30-17-13-11-16(12-14-17)25-20(15-7-3-2-4-8-15)21(24(25)29)26-22(27)18-9-5-6-10-19(18)23(26)28/h2-14,20-21H,1H3/t20-,21-/m1/s1.